The number of carbonyl (C=O) groups excluding carboxylic acids is 2. The lowest BCUT2D eigenvalue weighted by Crippen LogP contribution is -2.22. The van der Waals surface area contributed by atoms with Crippen LogP contribution in [-0.2, 0) is 4.79 Å². The molecule has 186 valence electrons. The molecule has 1 aliphatic carbocycles. The number of carbonyl (C=O) groups is 2. The number of amides is 2. The van der Waals surface area contributed by atoms with E-state index in [1.807, 2.05) is 5.32 Å². The summed E-state index contributed by atoms with van der Waals surface area (Å²) in [4.78, 5) is 42.0. The predicted molar refractivity (Wildman–Crippen MR) is 135 cm³/mol. The zero-order valence-electron chi connectivity index (χ0n) is 22.6. The van der Waals surface area contributed by atoms with Crippen LogP contribution in [0.5, 0.6) is 5.75 Å². The van der Waals surface area contributed by atoms with Crippen molar-refractivity contribution in [2.75, 3.05) is 24.7 Å². The fourth-order valence-corrected chi connectivity index (χ4v) is 3.59. The van der Waals surface area contributed by atoms with Crippen molar-refractivity contribution in [2.24, 2.45) is 5.92 Å². The highest BCUT2D eigenvalue weighted by Gasteiger charge is 2.30. The highest BCUT2D eigenvalue weighted by atomic mass is 16.5. The lowest BCUT2D eigenvalue weighted by Gasteiger charge is -2.16. The number of hydrogen-bond acceptors (Lipinski definition) is 10. The maximum atomic E-state index is 12.8. The highest BCUT2D eigenvalue weighted by molar-refractivity contribution is 6.00. The van der Waals surface area contributed by atoms with Gasteiger partial charge in [-0.25, -0.2) is 19.9 Å². The van der Waals surface area contributed by atoms with Crippen molar-refractivity contribution < 1.29 is 18.4 Å². The molecule has 12 heteroatoms. The van der Waals surface area contributed by atoms with Gasteiger partial charge in [-0.3, -0.25) is 9.59 Å². The molecule has 3 aromatic heterocycles. The minimum Gasteiger partial charge on any atom is -0.494 e. The molecule has 0 saturated heterocycles. The summed E-state index contributed by atoms with van der Waals surface area (Å²) >= 11 is 0. The first-order chi connectivity index (χ1) is 19.2. The molecular formula is C25H23N9O3. The number of methoxy groups -OCH3 is 1. The lowest BCUT2D eigenvalue weighted by atomic mass is 10.1. The summed E-state index contributed by atoms with van der Waals surface area (Å²) in [7, 11) is 1.47. The Morgan fingerprint density at radius 1 is 1.03 bits per heavy atom. The molecule has 12 nitrogen and oxygen atoms in total. The number of aromatic nitrogens is 6. The average molecular weight is 501 g/mol. The van der Waals surface area contributed by atoms with Crippen molar-refractivity contribution in [3.63, 3.8) is 0 Å². The predicted octanol–water partition coefficient (Wildman–Crippen LogP) is 2.85. The molecule has 1 aliphatic rings. The van der Waals surface area contributed by atoms with Crippen LogP contribution in [0.1, 0.15) is 27.4 Å². The summed E-state index contributed by atoms with van der Waals surface area (Å²) in [6.45, 7) is -2.75. The molecule has 0 aliphatic heterocycles. The summed E-state index contributed by atoms with van der Waals surface area (Å²) in [5.41, 5.74) is 2.23. The van der Waals surface area contributed by atoms with Crippen molar-refractivity contribution >= 4 is 29.0 Å². The molecule has 3 heterocycles. The number of para-hydroxylation sites is 1. The van der Waals surface area contributed by atoms with E-state index in [0.29, 0.717) is 22.8 Å². The van der Waals surface area contributed by atoms with E-state index in [1.165, 1.54) is 19.5 Å². The van der Waals surface area contributed by atoms with E-state index in [2.05, 4.69) is 40.8 Å². The Morgan fingerprint density at radius 2 is 1.78 bits per heavy atom. The third-order valence-corrected chi connectivity index (χ3v) is 5.60. The molecule has 0 atom stereocenters. The average Bonchev–Trinajstić information content (AvgIpc) is 3.79. The van der Waals surface area contributed by atoms with Gasteiger partial charge in [-0.2, -0.15) is 0 Å². The third kappa shape index (κ3) is 5.17. The Morgan fingerprint density at radius 3 is 2.49 bits per heavy atom. The Labute approximate surface area is 216 Å². The van der Waals surface area contributed by atoms with Crippen molar-refractivity contribution in [1.29, 1.82) is 0 Å². The Balaban J connectivity index is 1.49. The smallest absolute Gasteiger partial charge is 0.273 e. The second-order valence-electron chi connectivity index (χ2n) is 8.14. The summed E-state index contributed by atoms with van der Waals surface area (Å²) in [5, 5.41) is 15.4. The number of benzene rings is 1. The Kier molecular flexibility index (Phi) is 5.64. The summed E-state index contributed by atoms with van der Waals surface area (Å²) in [5.74, 6) is -0.457. The molecule has 5 rings (SSSR count). The van der Waals surface area contributed by atoms with Gasteiger partial charge in [0, 0.05) is 59.0 Å². The number of hydrogen-bond donors (Lipinski definition) is 3. The van der Waals surface area contributed by atoms with Crippen molar-refractivity contribution in [1.82, 2.24) is 35.5 Å². The van der Waals surface area contributed by atoms with Gasteiger partial charge in [0.1, 0.15) is 6.33 Å². The molecular weight excluding hydrogens is 474 g/mol. The fourth-order valence-electron chi connectivity index (χ4n) is 3.59. The highest BCUT2D eigenvalue weighted by Crippen LogP contribution is 2.37. The van der Waals surface area contributed by atoms with Crippen LogP contribution in [0.25, 0.3) is 22.5 Å². The molecule has 3 N–H and O–H groups in total. The van der Waals surface area contributed by atoms with Crippen LogP contribution in [0, 0.1) is 5.92 Å². The zero-order valence-corrected chi connectivity index (χ0v) is 19.6. The van der Waals surface area contributed by atoms with E-state index < -0.39 is 12.9 Å². The van der Waals surface area contributed by atoms with Crippen LogP contribution in [0.2, 0.25) is 0 Å². The maximum absolute atomic E-state index is 12.8. The zero-order chi connectivity index (χ0) is 28.3. The summed E-state index contributed by atoms with van der Waals surface area (Å²) < 4.78 is 27.8. The third-order valence-electron chi connectivity index (χ3n) is 5.60. The molecule has 1 aromatic carbocycles. The molecule has 2 amide bonds. The molecule has 4 aromatic rings. The maximum Gasteiger partial charge on any atom is 0.273 e. The number of ether oxygens (including phenoxy) is 1. The first-order valence-electron chi connectivity index (χ1n) is 12.7. The second-order valence-corrected chi connectivity index (χ2v) is 8.14. The number of nitrogens with zero attached hydrogens (tertiary/aromatic N) is 6. The number of anilines is 3. The van der Waals surface area contributed by atoms with E-state index >= 15 is 0 Å². The summed E-state index contributed by atoms with van der Waals surface area (Å²) in [6.07, 6.45) is 9.59. The van der Waals surface area contributed by atoms with Gasteiger partial charge in [0.2, 0.25) is 5.91 Å². The van der Waals surface area contributed by atoms with Crippen molar-refractivity contribution in [3.05, 3.63) is 61.1 Å². The summed E-state index contributed by atoms with van der Waals surface area (Å²) in [6, 6.07) is 6.58. The van der Waals surface area contributed by atoms with Crippen LogP contribution in [0.3, 0.4) is 0 Å². The van der Waals surface area contributed by atoms with Gasteiger partial charge in [-0.1, -0.05) is 6.07 Å². The molecule has 0 radical (unpaired) electrons. The Hall–Kier alpha value is -5.00. The minimum absolute atomic E-state index is 0.0886. The normalized spacial score (nSPS) is 14.0. The van der Waals surface area contributed by atoms with Gasteiger partial charge >= 0.3 is 0 Å². The van der Waals surface area contributed by atoms with Gasteiger partial charge in [-0.05, 0) is 25.0 Å². The van der Waals surface area contributed by atoms with Gasteiger partial charge < -0.3 is 20.7 Å². The first kappa shape index (κ1) is 20.2. The molecule has 0 spiro atoms. The van der Waals surface area contributed by atoms with Crippen LogP contribution in [-0.4, -0.2) is 56.0 Å². The standard InChI is InChI=1S/C25H23N9O3/c1-26-25(36)21-19(8-20(33-34-21)32-24(35)14-6-7-14)31-18-5-3-4-17(22(18)37-2)23-29-11-16(12-30-23)15-9-27-13-28-10-15/h3-5,8-14H,6-7H2,1-2H3,(H,26,36)(H2,31,32,33,35)/i1D3. The van der Waals surface area contributed by atoms with Gasteiger partial charge in [0.25, 0.3) is 5.91 Å². The van der Waals surface area contributed by atoms with E-state index in [-0.39, 0.29) is 29.0 Å². The van der Waals surface area contributed by atoms with Gasteiger partial charge in [0.15, 0.2) is 23.1 Å². The van der Waals surface area contributed by atoms with Crippen molar-refractivity contribution in [3.8, 4) is 28.3 Å². The van der Waals surface area contributed by atoms with E-state index in [1.54, 1.807) is 43.0 Å². The molecule has 1 saturated carbocycles. The fraction of sp³-hybridized carbons (Fsp3) is 0.200. The van der Waals surface area contributed by atoms with Crippen LogP contribution in [0.15, 0.2) is 55.4 Å². The Bertz CT molecular complexity index is 1550. The van der Waals surface area contributed by atoms with Crippen LogP contribution in [0.4, 0.5) is 17.2 Å². The van der Waals surface area contributed by atoms with E-state index in [9.17, 15) is 9.59 Å². The molecule has 0 bridgehead atoms. The van der Waals surface area contributed by atoms with E-state index in [4.69, 9.17) is 8.85 Å². The topological polar surface area (TPSA) is 157 Å². The largest absolute Gasteiger partial charge is 0.494 e. The van der Waals surface area contributed by atoms with Gasteiger partial charge in [-0.15, -0.1) is 10.2 Å². The monoisotopic (exact) mass is 500 g/mol. The quantitative estimate of drug-likeness (QED) is 0.329. The first-order valence-corrected chi connectivity index (χ1v) is 11.2. The SMILES string of the molecule is [2H]C([2H])([2H])NC(=O)c1nnc(NC(=O)C2CC2)cc1Nc1cccc(-c2ncc(-c3cncnc3)cn2)c1OC. The lowest BCUT2D eigenvalue weighted by molar-refractivity contribution is -0.117. The van der Waals surface area contributed by atoms with Crippen LogP contribution < -0.4 is 20.7 Å². The second kappa shape index (κ2) is 10.3. The molecule has 1 fully saturated rings. The number of nitrogens with one attached hydrogen (secondary N) is 3. The van der Waals surface area contributed by atoms with Crippen LogP contribution >= 0.6 is 0 Å². The van der Waals surface area contributed by atoms with E-state index in [0.717, 1.165) is 24.0 Å². The van der Waals surface area contributed by atoms with Gasteiger partial charge in [0.05, 0.1) is 24.0 Å². The minimum atomic E-state index is -2.75. The molecule has 37 heavy (non-hydrogen) atoms. The number of rotatable bonds is 8. The van der Waals surface area contributed by atoms with Crippen molar-refractivity contribution in [2.45, 2.75) is 12.8 Å². The molecule has 0 unspecified atom stereocenters.